The van der Waals surface area contributed by atoms with E-state index in [1.807, 2.05) is 24.4 Å². The lowest BCUT2D eigenvalue weighted by molar-refractivity contribution is 0.177. The Kier molecular flexibility index (Phi) is 5.94. The first-order valence-corrected chi connectivity index (χ1v) is 9.42. The van der Waals surface area contributed by atoms with Crippen molar-refractivity contribution in [2.75, 3.05) is 6.54 Å². The highest BCUT2D eigenvalue weighted by Gasteiger charge is 2.15. The molecule has 0 saturated heterocycles. The molecular weight excluding hydrogens is 322 g/mol. The largest absolute Gasteiger partial charge is 0.488 e. The molecule has 0 unspecified atom stereocenters. The number of rotatable bonds is 8. The molecule has 3 rings (SSSR count). The summed E-state index contributed by atoms with van der Waals surface area (Å²) in [4.78, 5) is 10.1. The highest BCUT2D eigenvalue weighted by Crippen LogP contribution is 2.30. The van der Waals surface area contributed by atoms with Gasteiger partial charge in [-0.05, 0) is 57.9 Å². The van der Waals surface area contributed by atoms with Gasteiger partial charge >= 0.3 is 0 Å². The molecule has 4 heteroatoms. The Labute approximate surface area is 156 Å². The van der Waals surface area contributed by atoms with Gasteiger partial charge in [-0.2, -0.15) is 0 Å². The van der Waals surface area contributed by atoms with Gasteiger partial charge < -0.3 is 9.72 Å². The minimum Gasteiger partial charge on any atom is -0.488 e. The van der Waals surface area contributed by atoms with Gasteiger partial charge in [-0.1, -0.05) is 12.1 Å². The molecule has 3 aromatic rings. The van der Waals surface area contributed by atoms with E-state index in [0.717, 1.165) is 29.8 Å². The third kappa shape index (κ3) is 4.25. The second kappa shape index (κ2) is 8.37. The van der Waals surface area contributed by atoms with Crippen LogP contribution < -0.4 is 4.74 Å². The van der Waals surface area contributed by atoms with Crippen molar-refractivity contribution in [2.45, 2.75) is 52.8 Å². The van der Waals surface area contributed by atoms with Gasteiger partial charge in [-0.15, -0.1) is 0 Å². The standard InChI is InChI=1S/C22H29N3O/c1-16(2)25(17(3)4)12-10-19-14-24-20-8-5-9-21(22(19)20)26-15-18-7-6-11-23-13-18/h5-9,11,13-14,16-17,24H,10,12,15H2,1-4H3. The number of nitrogens with one attached hydrogen (secondary N) is 1. The number of H-pyrrole nitrogens is 1. The highest BCUT2D eigenvalue weighted by atomic mass is 16.5. The van der Waals surface area contributed by atoms with Gasteiger partial charge in [0, 0.05) is 53.7 Å². The van der Waals surface area contributed by atoms with Crippen LogP contribution in [0.15, 0.2) is 48.9 Å². The first kappa shape index (κ1) is 18.5. The van der Waals surface area contributed by atoms with Gasteiger partial charge in [0.15, 0.2) is 0 Å². The first-order valence-electron chi connectivity index (χ1n) is 9.42. The van der Waals surface area contributed by atoms with Crippen molar-refractivity contribution < 1.29 is 4.74 Å². The van der Waals surface area contributed by atoms with E-state index in [4.69, 9.17) is 4.74 Å². The zero-order valence-electron chi connectivity index (χ0n) is 16.2. The molecule has 0 fully saturated rings. The van der Waals surface area contributed by atoms with Crippen LogP contribution in [-0.4, -0.2) is 33.5 Å². The van der Waals surface area contributed by atoms with Crippen LogP contribution in [0.3, 0.4) is 0 Å². The molecule has 1 N–H and O–H groups in total. The number of hydrogen-bond donors (Lipinski definition) is 1. The molecular formula is C22H29N3O. The van der Waals surface area contributed by atoms with E-state index in [1.54, 1.807) is 6.20 Å². The van der Waals surface area contributed by atoms with Gasteiger partial charge in [0.25, 0.3) is 0 Å². The lowest BCUT2D eigenvalue weighted by Crippen LogP contribution is -2.38. The number of aromatic amines is 1. The van der Waals surface area contributed by atoms with Crippen molar-refractivity contribution in [1.29, 1.82) is 0 Å². The molecule has 138 valence electrons. The molecule has 0 radical (unpaired) electrons. The van der Waals surface area contributed by atoms with Crippen LogP contribution in [0.4, 0.5) is 0 Å². The van der Waals surface area contributed by atoms with E-state index in [-0.39, 0.29) is 0 Å². The van der Waals surface area contributed by atoms with Crippen molar-refractivity contribution in [3.05, 3.63) is 60.0 Å². The normalized spacial score (nSPS) is 11.8. The first-order chi connectivity index (χ1) is 12.6. The SMILES string of the molecule is CC(C)N(CCc1c[nH]c2cccc(OCc3cccnc3)c12)C(C)C. The lowest BCUT2D eigenvalue weighted by Gasteiger charge is -2.30. The predicted octanol–water partition coefficient (Wildman–Crippen LogP) is 4.80. The monoisotopic (exact) mass is 351 g/mol. The lowest BCUT2D eigenvalue weighted by atomic mass is 10.1. The van der Waals surface area contributed by atoms with E-state index >= 15 is 0 Å². The van der Waals surface area contributed by atoms with Gasteiger partial charge in [0.05, 0.1) is 0 Å². The Morgan fingerprint density at radius 2 is 1.88 bits per heavy atom. The molecule has 0 atom stereocenters. The average Bonchev–Trinajstić information content (AvgIpc) is 3.04. The van der Waals surface area contributed by atoms with Gasteiger partial charge in [-0.3, -0.25) is 9.88 Å². The Hall–Kier alpha value is -2.33. The quantitative estimate of drug-likeness (QED) is 0.633. The maximum atomic E-state index is 6.13. The van der Waals surface area contributed by atoms with E-state index in [1.165, 1.54) is 10.9 Å². The second-order valence-electron chi connectivity index (χ2n) is 7.32. The Morgan fingerprint density at radius 1 is 1.08 bits per heavy atom. The number of aromatic nitrogens is 2. The molecule has 4 nitrogen and oxygen atoms in total. The summed E-state index contributed by atoms with van der Waals surface area (Å²) in [6.45, 7) is 10.6. The third-order valence-electron chi connectivity index (χ3n) is 4.83. The molecule has 0 aliphatic rings. The number of ether oxygens (including phenoxy) is 1. The summed E-state index contributed by atoms with van der Waals surface area (Å²) in [6, 6.07) is 11.3. The second-order valence-corrected chi connectivity index (χ2v) is 7.32. The van der Waals surface area contributed by atoms with Crippen LogP contribution in [-0.2, 0) is 13.0 Å². The topological polar surface area (TPSA) is 41.2 Å². The predicted molar refractivity (Wildman–Crippen MR) is 108 cm³/mol. The summed E-state index contributed by atoms with van der Waals surface area (Å²) in [5.41, 5.74) is 3.52. The molecule has 0 aliphatic carbocycles. The van der Waals surface area contributed by atoms with Crippen molar-refractivity contribution in [1.82, 2.24) is 14.9 Å². The van der Waals surface area contributed by atoms with Crippen LogP contribution in [0.2, 0.25) is 0 Å². The van der Waals surface area contributed by atoms with Crippen LogP contribution in [0, 0.1) is 0 Å². The molecule has 26 heavy (non-hydrogen) atoms. The smallest absolute Gasteiger partial charge is 0.129 e. The number of benzene rings is 1. The van der Waals surface area contributed by atoms with Gasteiger partial charge in [0.2, 0.25) is 0 Å². The Balaban J connectivity index is 1.79. The summed E-state index contributed by atoms with van der Waals surface area (Å²) in [5, 5.41) is 1.20. The minimum absolute atomic E-state index is 0.529. The molecule has 0 amide bonds. The van der Waals surface area contributed by atoms with E-state index in [2.05, 4.69) is 60.9 Å². The molecule has 2 aromatic heterocycles. The fourth-order valence-corrected chi connectivity index (χ4v) is 3.54. The van der Waals surface area contributed by atoms with Crippen LogP contribution in [0.5, 0.6) is 5.75 Å². The number of fused-ring (bicyclic) bond motifs is 1. The van der Waals surface area contributed by atoms with Crippen molar-refractivity contribution in [3.63, 3.8) is 0 Å². The molecule has 0 aliphatic heterocycles. The summed E-state index contributed by atoms with van der Waals surface area (Å²) in [5.74, 6) is 0.934. The number of nitrogens with zero attached hydrogens (tertiary/aromatic N) is 2. The fraction of sp³-hybridized carbons (Fsp3) is 0.409. The summed E-state index contributed by atoms with van der Waals surface area (Å²) in [6.07, 6.45) is 6.76. The van der Waals surface area contributed by atoms with Crippen LogP contribution in [0.25, 0.3) is 10.9 Å². The molecule has 1 aromatic carbocycles. The fourth-order valence-electron chi connectivity index (χ4n) is 3.54. The molecule has 0 spiro atoms. The van der Waals surface area contributed by atoms with E-state index in [9.17, 15) is 0 Å². The maximum absolute atomic E-state index is 6.13. The summed E-state index contributed by atoms with van der Waals surface area (Å²) < 4.78 is 6.13. The van der Waals surface area contributed by atoms with Crippen LogP contribution in [0.1, 0.15) is 38.8 Å². The van der Waals surface area contributed by atoms with E-state index < -0.39 is 0 Å². The van der Waals surface area contributed by atoms with Gasteiger partial charge in [-0.25, -0.2) is 0 Å². The third-order valence-corrected chi connectivity index (χ3v) is 4.83. The zero-order chi connectivity index (χ0) is 18.5. The Bertz CT molecular complexity index is 816. The zero-order valence-corrected chi connectivity index (χ0v) is 16.2. The molecule has 2 heterocycles. The number of hydrogen-bond acceptors (Lipinski definition) is 3. The highest BCUT2D eigenvalue weighted by molar-refractivity contribution is 5.89. The molecule has 0 saturated carbocycles. The van der Waals surface area contributed by atoms with Crippen LogP contribution >= 0.6 is 0 Å². The van der Waals surface area contributed by atoms with E-state index in [0.29, 0.717) is 18.7 Å². The summed E-state index contributed by atoms with van der Waals surface area (Å²) >= 11 is 0. The maximum Gasteiger partial charge on any atom is 0.129 e. The molecule has 0 bridgehead atoms. The van der Waals surface area contributed by atoms with Crippen molar-refractivity contribution >= 4 is 10.9 Å². The summed E-state index contributed by atoms with van der Waals surface area (Å²) in [7, 11) is 0. The average molecular weight is 351 g/mol. The minimum atomic E-state index is 0.529. The number of pyridine rings is 1. The van der Waals surface area contributed by atoms with Crippen molar-refractivity contribution in [2.24, 2.45) is 0 Å². The van der Waals surface area contributed by atoms with Gasteiger partial charge in [0.1, 0.15) is 12.4 Å². The van der Waals surface area contributed by atoms with Crippen molar-refractivity contribution in [3.8, 4) is 5.75 Å². The Morgan fingerprint density at radius 3 is 2.58 bits per heavy atom.